The Bertz CT molecular complexity index is 518. The first-order valence-electron chi connectivity index (χ1n) is 7.03. The highest BCUT2D eigenvalue weighted by molar-refractivity contribution is 7.90. The molecule has 20 heavy (non-hydrogen) atoms. The summed E-state index contributed by atoms with van der Waals surface area (Å²) in [6.45, 7) is 5.82. The first kappa shape index (κ1) is 15.5. The zero-order chi connectivity index (χ0) is 14.6. The molecule has 0 bridgehead atoms. The third-order valence-electron chi connectivity index (χ3n) is 3.74. The van der Waals surface area contributed by atoms with E-state index in [0.717, 1.165) is 51.5 Å². The van der Waals surface area contributed by atoms with Gasteiger partial charge in [-0.2, -0.15) is 0 Å². The van der Waals surface area contributed by atoms with Gasteiger partial charge in [0.1, 0.15) is 15.7 Å². The van der Waals surface area contributed by atoms with Crippen molar-refractivity contribution in [3.05, 3.63) is 18.2 Å². The molecule has 2 rings (SSSR count). The number of aromatic nitrogens is 2. The summed E-state index contributed by atoms with van der Waals surface area (Å²) in [5, 5.41) is 0. The average Bonchev–Trinajstić information content (AvgIpc) is 2.76. The molecule has 0 unspecified atom stereocenters. The van der Waals surface area contributed by atoms with Gasteiger partial charge in [0.05, 0.1) is 12.3 Å². The Balaban J connectivity index is 1.69. The number of nitrogens with zero attached hydrogens (tertiary/aromatic N) is 4. The van der Waals surface area contributed by atoms with Crippen molar-refractivity contribution in [1.82, 2.24) is 19.4 Å². The van der Waals surface area contributed by atoms with Crippen molar-refractivity contribution in [2.45, 2.75) is 13.0 Å². The predicted octanol–water partition coefficient (Wildman–Crippen LogP) is -0.0276. The quantitative estimate of drug-likeness (QED) is 0.738. The number of aryl methyl sites for hydroxylation is 1. The fourth-order valence-corrected chi connectivity index (χ4v) is 3.12. The van der Waals surface area contributed by atoms with Gasteiger partial charge in [0.15, 0.2) is 0 Å². The average molecular weight is 300 g/mol. The van der Waals surface area contributed by atoms with Crippen molar-refractivity contribution >= 4 is 9.84 Å². The smallest absolute Gasteiger partial charge is 0.147 e. The molecule has 0 radical (unpaired) electrons. The van der Waals surface area contributed by atoms with Crippen LogP contribution in [0.15, 0.2) is 12.4 Å². The Morgan fingerprint density at radius 2 is 1.85 bits per heavy atom. The van der Waals surface area contributed by atoms with Crippen LogP contribution in [0, 0.1) is 0 Å². The molecule has 7 heteroatoms. The van der Waals surface area contributed by atoms with Gasteiger partial charge in [-0.1, -0.05) is 0 Å². The Morgan fingerprint density at radius 1 is 1.20 bits per heavy atom. The predicted molar refractivity (Wildman–Crippen MR) is 79.3 cm³/mol. The van der Waals surface area contributed by atoms with Crippen molar-refractivity contribution in [1.29, 1.82) is 0 Å². The first-order chi connectivity index (χ1) is 9.44. The number of piperazine rings is 1. The molecule has 1 aromatic heterocycles. The van der Waals surface area contributed by atoms with Gasteiger partial charge in [0, 0.05) is 51.9 Å². The summed E-state index contributed by atoms with van der Waals surface area (Å²) >= 11 is 0. The molecular weight excluding hydrogens is 276 g/mol. The summed E-state index contributed by atoms with van der Waals surface area (Å²) in [4.78, 5) is 9.09. The molecule has 1 aliphatic rings. The van der Waals surface area contributed by atoms with E-state index in [0.29, 0.717) is 5.75 Å². The molecule has 2 heterocycles. The van der Waals surface area contributed by atoms with Crippen molar-refractivity contribution in [2.75, 3.05) is 44.7 Å². The lowest BCUT2D eigenvalue weighted by Crippen LogP contribution is -2.46. The van der Waals surface area contributed by atoms with E-state index in [1.807, 2.05) is 19.4 Å². The molecule has 0 saturated carbocycles. The van der Waals surface area contributed by atoms with Gasteiger partial charge in [-0.25, -0.2) is 13.4 Å². The van der Waals surface area contributed by atoms with Crippen LogP contribution < -0.4 is 0 Å². The molecule has 0 aromatic carbocycles. The molecule has 0 amide bonds. The molecule has 6 nitrogen and oxygen atoms in total. The Morgan fingerprint density at radius 3 is 2.40 bits per heavy atom. The van der Waals surface area contributed by atoms with Gasteiger partial charge in [-0.05, 0) is 13.0 Å². The topological polar surface area (TPSA) is 58.4 Å². The molecular formula is C13H24N4O2S. The standard InChI is InChI=1S/C13H24N4O2S/c1-15-6-4-14-13(15)12-17-9-7-16(8-10-17)5-3-11-20(2,18)19/h4,6H,3,5,7-12H2,1-2H3. The minimum Gasteiger partial charge on any atom is -0.337 e. The van der Waals surface area contributed by atoms with Gasteiger partial charge >= 0.3 is 0 Å². The molecule has 1 saturated heterocycles. The maximum Gasteiger partial charge on any atom is 0.147 e. The molecule has 1 aliphatic heterocycles. The van der Waals surface area contributed by atoms with E-state index in [1.165, 1.54) is 6.26 Å². The van der Waals surface area contributed by atoms with E-state index in [2.05, 4.69) is 19.4 Å². The fourth-order valence-electron chi connectivity index (χ4n) is 2.47. The molecule has 0 spiro atoms. The van der Waals surface area contributed by atoms with Crippen molar-refractivity contribution in [3.8, 4) is 0 Å². The van der Waals surface area contributed by atoms with Crippen LogP contribution in [0.25, 0.3) is 0 Å². The highest BCUT2D eigenvalue weighted by Gasteiger charge is 2.18. The second-order valence-electron chi connectivity index (χ2n) is 5.56. The maximum absolute atomic E-state index is 11.1. The van der Waals surface area contributed by atoms with Crippen LogP contribution in [0.2, 0.25) is 0 Å². The number of hydrogen-bond acceptors (Lipinski definition) is 5. The lowest BCUT2D eigenvalue weighted by molar-refractivity contribution is 0.124. The van der Waals surface area contributed by atoms with Gasteiger partial charge in [0.2, 0.25) is 0 Å². The van der Waals surface area contributed by atoms with E-state index < -0.39 is 9.84 Å². The van der Waals surface area contributed by atoms with E-state index in [4.69, 9.17) is 0 Å². The van der Waals surface area contributed by atoms with E-state index in [9.17, 15) is 8.42 Å². The Hall–Kier alpha value is -0.920. The summed E-state index contributed by atoms with van der Waals surface area (Å²) in [7, 11) is -0.805. The molecule has 1 aromatic rings. The van der Waals surface area contributed by atoms with Crippen LogP contribution in [0.4, 0.5) is 0 Å². The SMILES string of the molecule is Cn1ccnc1CN1CCN(CCCS(C)(=O)=O)CC1. The highest BCUT2D eigenvalue weighted by atomic mass is 32.2. The van der Waals surface area contributed by atoms with E-state index in [1.54, 1.807) is 0 Å². The van der Waals surface area contributed by atoms with Gasteiger partial charge in [-0.15, -0.1) is 0 Å². The van der Waals surface area contributed by atoms with Crippen LogP contribution in [-0.2, 0) is 23.4 Å². The van der Waals surface area contributed by atoms with E-state index in [-0.39, 0.29) is 0 Å². The minimum absolute atomic E-state index is 0.292. The number of sulfone groups is 1. The second-order valence-corrected chi connectivity index (χ2v) is 7.82. The lowest BCUT2D eigenvalue weighted by Gasteiger charge is -2.34. The van der Waals surface area contributed by atoms with Crippen LogP contribution in [0.3, 0.4) is 0 Å². The number of rotatable bonds is 6. The maximum atomic E-state index is 11.1. The van der Waals surface area contributed by atoms with E-state index >= 15 is 0 Å². The zero-order valence-corrected chi connectivity index (χ0v) is 13.1. The minimum atomic E-state index is -2.82. The zero-order valence-electron chi connectivity index (χ0n) is 12.3. The van der Waals surface area contributed by atoms with Crippen LogP contribution in [0.1, 0.15) is 12.2 Å². The van der Waals surface area contributed by atoms with Crippen LogP contribution >= 0.6 is 0 Å². The molecule has 1 fully saturated rings. The normalized spacial score (nSPS) is 18.5. The van der Waals surface area contributed by atoms with Crippen LogP contribution in [0.5, 0.6) is 0 Å². The number of imidazole rings is 1. The fraction of sp³-hybridized carbons (Fsp3) is 0.769. The van der Waals surface area contributed by atoms with Crippen LogP contribution in [-0.4, -0.2) is 72.5 Å². The summed E-state index contributed by atoms with van der Waals surface area (Å²) in [6, 6.07) is 0. The van der Waals surface area contributed by atoms with Crippen molar-refractivity contribution < 1.29 is 8.42 Å². The van der Waals surface area contributed by atoms with Crippen molar-refractivity contribution in [2.24, 2.45) is 7.05 Å². The lowest BCUT2D eigenvalue weighted by atomic mass is 10.3. The summed E-state index contributed by atoms with van der Waals surface area (Å²) in [6.07, 6.45) is 5.84. The summed E-state index contributed by atoms with van der Waals surface area (Å²) in [5.41, 5.74) is 0. The molecule has 0 aliphatic carbocycles. The third-order valence-corrected chi connectivity index (χ3v) is 4.77. The van der Waals surface area contributed by atoms with Gasteiger partial charge in [-0.3, -0.25) is 4.90 Å². The highest BCUT2D eigenvalue weighted by Crippen LogP contribution is 2.07. The monoisotopic (exact) mass is 300 g/mol. The van der Waals surface area contributed by atoms with Crippen molar-refractivity contribution in [3.63, 3.8) is 0 Å². The molecule has 0 atom stereocenters. The second kappa shape index (κ2) is 6.69. The third kappa shape index (κ3) is 4.88. The van der Waals surface area contributed by atoms with Gasteiger partial charge in [0.25, 0.3) is 0 Å². The Kier molecular flexibility index (Phi) is 5.17. The number of hydrogen-bond donors (Lipinski definition) is 0. The largest absolute Gasteiger partial charge is 0.337 e. The first-order valence-corrected chi connectivity index (χ1v) is 9.09. The molecule has 114 valence electrons. The van der Waals surface area contributed by atoms with Gasteiger partial charge < -0.3 is 9.47 Å². The summed E-state index contributed by atoms with van der Waals surface area (Å²) in [5.74, 6) is 1.39. The summed E-state index contributed by atoms with van der Waals surface area (Å²) < 4.78 is 24.3. The molecule has 0 N–H and O–H groups in total. The Labute approximate surface area is 121 Å².